The lowest BCUT2D eigenvalue weighted by molar-refractivity contribution is -0.117. The summed E-state index contributed by atoms with van der Waals surface area (Å²) >= 11 is 0. The van der Waals surface area contributed by atoms with E-state index in [9.17, 15) is 29.4 Å². The van der Waals surface area contributed by atoms with Gasteiger partial charge < -0.3 is 20.8 Å². The second-order valence-corrected chi connectivity index (χ2v) is 12.4. The predicted octanol–water partition coefficient (Wildman–Crippen LogP) is 10.5. The molecule has 0 unspecified atom stereocenters. The van der Waals surface area contributed by atoms with Crippen molar-refractivity contribution in [3.05, 3.63) is 47.5 Å². The monoisotopic (exact) mass is 636 g/mol. The lowest BCUT2D eigenvalue weighted by Crippen LogP contribution is -2.15. The van der Waals surface area contributed by atoms with Crippen LogP contribution in [0.1, 0.15) is 163 Å². The summed E-state index contributed by atoms with van der Waals surface area (Å²) in [5.74, 6) is -2.85. The molecule has 0 aliphatic rings. The van der Waals surface area contributed by atoms with Crippen LogP contribution in [0.4, 0.5) is 11.4 Å². The van der Waals surface area contributed by atoms with Crippen LogP contribution in [0, 0.1) is 0 Å². The minimum absolute atomic E-state index is 0.0758. The number of aromatic carboxylic acids is 2. The van der Waals surface area contributed by atoms with Gasteiger partial charge in [-0.3, -0.25) is 9.59 Å². The zero-order valence-electron chi connectivity index (χ0n) is 28.1. The zero-order valence-corrected chi connectivity index (χ0v) is 28.1. The molecule has 2 rings (SSSR count). The van der Waals surface area contributed by atoms with Crippen LogP contribution >= 0.6 is 0 Å². The molecule has 2 aromatic carbocycles. The Hall–Kier alpha value is -3.68. The third-order valence-corrected chi connectivity index (χ3v) is 8.40. The average molecular weight is 637 g/mol. The molecule has 0 spiro atoms. The van der Waals surface area contributed by atoms with Crippen LogP contribution in [-0.2, 0) is 9.59 Å². The van der Waals surface area contributed by atoms with Gasteiger partial charge in [0.2, 0.25) is 11.8 Å². The van der Waals surface area contributed by atoms with E-state index in [0.717, 1.165) is 38.5 Å². The number of amides is 2. The maximum Gasteiger partial charge on any atom is 0.337 e. The quantitative estimate of drug-likeness (QED) is 0.0802. The van der Waals surface area contributed by atoms with Crippen molar-refractivity contribution in [1.29, 1.82) is 0 Å². The number of carboxylic acid groups (broad SMARTS) is 2. The molecule has 0 saturated heterocycles. The van der Waals surface area contributed by atoms with E-state index in [0.29, 0.717) is 24.0 Å². The Morgan fingerprint density at radius 3 is 1.09 bits per heavy atom. The number of nitrogens with one attached hydrogen (secondary N) is 2. The molecule has 254 valence electrons. The first-order valence-electron chi connectivity index (χ1n) is 17.6. The van der Waals surface area contributed by atoms with Gasteiger partial charge in [-0.05, 0) is 48.2 Å². The number of anilines is 2. The molecule has 0 fully saturated rings. The smallest absolute Gasteiger partial charge is 0.337 e. The Labute approximate surface area is 275 Å². The maximum atomic E-state index is 12.5. The molecular formula is C38H56N2O6. The lowest BCUT2D eigenvalue weighted by atomic mass is 9.98. The van der Waals surface area contributed by atoms with Crippen molar-refractivity contribution < 1.29 is 29.4 Å². The van der Waals surface area contributed by atoms with Crippen molar-refractivity contribution in [1.82, 2.24) is 0 Å². The Bertz CT molecular complexity index is 1150. The van der Waals surface area contributed by atoms with E-state index < -0.39 is 11.9 Å². The van der Waals surface area contributed by atoms with E-state index in [1.807, 2.05) is 0 Å². The average Bonchev–Trinajstić information content (AvgIpc) is 3.03. The Balaban J connectivity index is 1.92. The van der Waals surface area contributed by atoms with E-state index in [4.69, 9.17) is 0 Å². The van der Waals surface area contributed by atoms with Gasteiger partial charge in [0.1, 0.15) is 0 Å². The number of hydrogen-bond acceptors (Lipinski definition) is 4. The van der Waals surface area contributed by atoms with E-state index in [2.05, 4.69) is 24.5 Å². The molecule has 0 radical (unpaired) electrons. The van der Waals surface area contributed by atoms with E-state index in [1.165, 1.54) is 101 Å². The molecule has 8 nitrogen and oxygen atoms in total. The summed E-state index contributed by atoms with van der Waals surface area (Å²) < 4.78 is 0. The number of rotatable bonds is 25. The fourth-order valence-electron chi connectivity index (χ4n) is 5.64. The molecule has 0 aliphatic heterocycles. The minimum Gasteiger partial charge on any atom is -0.478 e. The number of hydrogen-bond donors (Lipinski definition) is 4. The van der Waals surface area contributed by atoms with Gasteiger partial charge in [-0.2, -0.15) is 0 Å². The predicted molar refractivity (Wildman–Crippen MR) is 187 cm³/mol. The highest BCUT2D eigenvalue weighted by atomic mass is 16.4. The SMILES string of the molecule is CCCCCCCCCCCC(=O)Nc1ccc(-c2ccc(NC(=O)CCCCCCCCCCC)c(C(=O)O)c2)cc1C(=O)O. The Morgan fingerprint density at radius 1 is 0.478 bits per heavy atom. The number of unbranched alkanes of at least 4 members (excludes halogenated alkanes) is 16. The first-order chi connectivity index (χ1) is 22.3. The van der Waals surface area contributed by atoms with Crippen LogP contribution in [0.15, 0.2) is 36.4 Å². The van der Waals surface area contributed by atoms with Crippen molar-refractivity contribution in [2.45, 2.75) is 142 Å². The van der Waals surface area contributed by atoms with E-state index in [1.54, 1.807) is 12.1 Å². The fraction of sp³-hybridized carbons (Fsp3) is 0.579. The largest absolute Gasteiger partial charge is 0.478 e. The Morgan fingerprint density at radius 2 is 0.783 bits per heavy atom. The topological polar surface area (TPSA) is 133 Å². The first kappa shape index (κ1) is 38.5. The van der Waals surface area contributed by atoms with Gasteiger partial charge in [-0.25, -0.2) is 9.59 Å². The molecule has 0 heterocycles. The number of carbonyl (C=O) groups is 4. The maximum absolute atomic E-state index is 12.5. The highest BCUT2D eigenvalue weighted by molar-refractivity contribution is 6.03. The summed E-state index contributed by atoms with van der Waals surface area (Å²) in [5.41, 5.74) is 1.24. The van der Waals surface area contributed by atoms with Gasteiger partial charge in [-0.15, -0.1) is 0 Å². The van der Waals surface area contributed by atoms with Crippen LogP contribution in [0.2, 0.25) is 0 Å². The first-order valence-corrected chi connectivity index (χ1v) is 17.6. The van der Waals surface area contributed by atoms with Crippen molar-refractivity contribution in [2.24, 2.45) is 0 Å². The van der Waals surface area contributed by atoms with Gasteiger partial charge in [0.25, 0.3) is 0 Å². The van der Waals surface area contributed by atoms with Crippen LogP contribution in [-0.4, -0.2) is 34.0 Å². The lowest BCUT2D eigenvalue weighted by Gasteiger charge is -2.13. The minimum atomic E-state index is -1.20. The van der Waals surface area contributed by atoms with Crippen LogP contribution in [0.25, 0.3) is 11.1 Å². The van der Waals surface area contributed by atoms with E-state index >= 15 is 0 Å². The van der Waals surface area contributed by atoms with Gasteiger partial charge >= 0.3 is 11.9 Å². The molecule has 0 bridgehead atoms. The van der Waals surface area contributed by atoms with Crippen molar-refractivity contribution >= 4 is 35.1 Å². The molecule has 46 heavy (non-hydrogen) atoms. The summed E-state index contributed by atoms with van der Waals surface area (Å²) in [5, 5.41) is 25.2. The molecule has 2 aromatic rings. The molecule has 0 atom stereocenters. The molecule has 2 amide bonds. The summed E-state index contributed by atoms with van der Waals surface area (Å²) in [6, 6.07) is 9.24. The van der Waals surface area contributed by atoms with Gasteiger partial charge in [-0.1, -0.05) is 129 Å². The van der Waals surface area contributed by atoms with Crippen LogP contribution in [0.3, 0.4) is 0 Å². The second-order valence-electron chi connectivity index (χ2n) is 12.4. The van der Waals surface area contributed by atoms with Crippen molar-refractivity contribution in [3.8, 4) is 11.1 Å². The van der Waals surface area contributed by atoms with Crippen LogP contribution in [0.5, 0.6) is 0 Å². The van der Waals surface area contributed by atoms with Crippen LogP contribution < -0.4 is 10.6 Å². The molecule has 0 aromatic heterocycles. The highest BCUT2D eigenvalue weighted by Gasteiger charge is 2.17. The number of carboxylic acids is 2. The van der Waals surface area contributed by atoms with Gasteiger partial charge in [0.15, 0.2) is 0 Å². The standard InChI is InChI=1S/C38H56N2O6/c1-3-5-7-9-11-13-15-17-19-21-35(41)39-33-25-23-29(27-31(33)37(43)44)30-24-26-34(32(28-30)38(45)46)40-36(42)22-20-18-16-14-12-10-8-6-4-2/h23-28H,3-22H2,1-2H3,(H,39,41)(H,40,42)(H,43,44)(H,45,46). The van der Waals surface area contributed by atoms with Gasteiger partial charge in [0.05, 0.1) is 22.5 Å². The summed E-state index contributed by atoms with van der Waals surface area (Å²) in [6.45, 7) is 4.41. The Kier molecular flexibility index (Phi) is 19.1. The molecule has 4 N–H and O–H groups in total. The molecular weight excluding hydrogens is 580 g/mol. The summed E-state index contributed by atoms with van der Waals surface area (Å²) in [4.78, 5) is 49.2. The number of carbonyl (C=O) groups excluding carboxylic acids is 2. The molecule has 0 aliphatic carbocycles. The molecule has 0 saturated carbocycles. The zero-order chi connectivity index (χ0) is 33.6. The van der Waals surface area contributed by atoms with E-state index in [-0.39, 0.29) is 34.3 Å². The van der Waals surface area contributed by atoms with Crippen molar-refractivity contribution in [2.75, 3.05) is 10.6 Å². The molecule has 8 heteroatoms. The number of benzene rings is 2. The summed E-state index contributed by atoms with van der Waals surface area (Å²) in [6.07, 6.45) is 21.2. The fourth-order valence-corrected chi connectivity index (χ4v) is 5.64. The van der Waals surface area contributed by atoms with Crippen molar-refractivity contribution in [3.63, 3.8) is 0 Å². The normalized spacial score (nSPS) is 10.9. The third kappa shape index (κ3) is 15.1. The summed E-state index contributed by atoms with van der Waals surface area (Å²) in [7, 11) is 0. The second kappa shape index (κ2) is 22.8. The van der Waals surface area contributed by atoms with Gasteiger partial charge in [0, 0.05) is 12.8 Å². The third-order valence-electron chi connectivity index (χ3n) is 8.40. The highest BCUT2D eigenvalue weighted by Crippen LogP contribution is 2.29.